The molecule has 0 radical (unpaired) electrons. The van der Waals surface area contributed by atoms with Gasteiger partial charge in [-0.2, -0.15) is 11.3 Å². The number of carbonyl (C=O) groups is 2. The molecule has 0 saturated carbocycles. The highest BCUT2D eigenvalue weighted by Gasteiger charge is 2.09. The summed E-state index contributed by atoms with van der Waals surface area (Å²) < 4.78 is 0. The molecule has 104 valence electrons. The van der Waals surface area contributed by atoms with Crippen LogP contribution >= 0.6 is 11.3 Å². The molecule has 0 saturated heterocycles. The minimum absolute atomic E-state index is 0.0383. The fourth-order valence-electron chi connectivity index (χ4n) is 1.59. The summed E-state index contributed by atoms with van der Waals surface area (Å²) in [6, 6.07) is 1.96. The molecule has 2 rings (SSSR count). The molecule has 0 unspecified atom stereocenters. The predicted octanol–water partition coefficient (Wildman–Crippen LogP) is 0.957. The standard InChI is InChI=1S/C13H14N4O2S/c1-9(18)16-7-12(19)17-6-11-13(15-4-3-14-11)10-2-5-20-8-10/h2-5,8H,6-7H2,1H3,(H,16,18)(H,17,19). The zero-order valence-corrected chi connectivity index (χ0v) is 11.7. The van der Waals surface area contributed by atoms with Gasteiger partial charge in [0.25, 0.3) is 0 Å². The van der Waals surface area contributed by atoms with Gasteiger partial charge in [-0.15, -0.1) is 0 Å². The molecule has 7 heteroatoms. The molecule has 2 aromatic rings. The Morgan fingerprint density at radius 3 is 2.75 bits per heavy atom. The Kier molecular flexibility index (Phi) is 4.78. The van der Waals surface area contributed by atoms with Gasteiger partial charge in [0.2, 0.25) is 11.8 Å². The highest BCUT2D eigenvalue weighted by molar-refractivity contribution is 7.08. The Labute approximate surface area is 120 Å². The maximum Gasteiger partial charge on any atom is 0.239 e. The van der Waals surface area contributed by atoms with Gasteiger partial charge in [0.1, 0.15) is 0 Å². The monoisotopic (exact) mass is 290 g/mol. The molecule has 0 aromatic carbocycles. The SMILES string of the molecule is CC(=O)NCC(=O)NCc1nccnc1-c1ccsc1. The summed E-state index contributed by atoms with van der Waals surface area (Å²) >= 11 is 1.58. The number of hydrogen-bond donors (Lipinski definition) is 2. The van der Waals surface area contributed by atoms with Crippen LogP contribution in [0.5, 0.6) is 0 Å². The molecule has 0 fully saturated rings. The van der Waals surface area contributed by atoms with Gasteiger partial charge in [-0.25, -0.2) is 0 Å². The van der Waals surface area contributed by atoms with Gasteiger partial charge in [0, 0.05) is 30.3 Å². The van der Waals surface area contributed by atoms with Crippen LogP contribution in [0.4, 0.5) is 0 Å². The number of nitrogens with one attached hydrogen (secondary N) is 2. The maximum atomic E-state index is 11.5. The van der Waals surface area contributed by atoms with Crippen LogP contribution < -0.4 is 10.6 Å². The van der Waals surface area contributed by atoms with Crippen LogP contribution in [0.3, 0.4) is 0 Å². The third-order valence-corrected chi connectivity index (χ3v) is 3.20. The first kappa shape index (κ1) is 14.1. The molecule has 2 heterocycles. The summed E-state index contributed by atoms with van der Waals surface area (Å²) in [6.45, 7) is 1.60. The molecule has 0 aliphatic rings. The summed E-state index contributed by atoms with van der Waals surface area (Å²) in [7, 11) is 0. The van der Waals surface area contributed by atoms with Crippen molar-refractivity contribution in [1.29, 1.82) is 0 Å². The average molecular weight is 290 g/mol. The first-order valence-electron chi connectivity index (χ1n) is 6.00. The zero-order chi connectivity index (χ0) is 14.4. The lowest BCUT2D eigenvalue weighted by molar-refractivity contribution is -0.125. The fraction of sp³-hybridized carbons (Fsp3) is 0.231. The molecule has 0 aliphatic heterocycles. The molecular weight excluding hydrogens is 276 g/mol. The van der Waals surface area contributed by atoms with E-state index in [4.69, 9.17) is 0 Å². The molecule has 0 spiro atoms. The van der Waals surface area contributed by atoms with Crippen LogP contribution in [0, 0.1) is 0 Å². The van der Waals surface area contributed by atoms with E-state index in [9.17, 15) is 9.59 Å². The maximum absolute atomic E-state index is 11.5. The van der Waals surface area contributed by atoms with E-state index >= 15 is 0 Å². The third-order valence-electron chi connectivity index (χ3n) is 2.52. The van der Waals surface area contributed by atoms with E-state index < -0.39 is 0 Å². The van der Waals surface area contributed by atoms with Gasteiger partial charge in [-0.3, -0.25) is 19.6 Å². The van der Waals surface area contributed by atoms with Gasteiger partial charge in [-0.05, 0) is 11.4 Å². The van der Waals surface area contributed by atoms with E-state index in [2.05, 4.69) is 20.6 Å². The quantitative estimate of drug-likeness (QED) is 0.859. The number of carbonyl (C=O) groups excluding carboxylic acids is 2. The van der Waals surface area contributed by atoms with Gasteiger partial charge >= 0.3 is 0 Å². The van der Waals surface area contributed by atoms with Gasteiger partial charge in [-0.1, -0.05) is 0 Å². The molecule has 20 heavy (non-hydrogen) atoms. The number of rotatable bonds is 5. The van der Waals surface area contributed by atoms with Crippen molar-refractivity contribution in [1.82, 2.24) is 20.6 Å². The van der Waals surface area contributed by atoms with Crippen molar-refractivity contribution in [3.05, 3.63) is 34.9 Å². The minimum Gasteiger partial charge on any atom is -0.349 e. The van der Waals surface area contributed by atoms with Crippen LogP contribution in [0.1, 0.15) is 12.6 Å². The van der Waals surface area contributed by atoms with Gasteiger partial charge in [0.05, 0.1) is 24.5 Å². The molecule has 0 aliphatic carbocycles. The number of thiophene rings is 1. The van der Waals surface area contributed by atoms with Gasteiger partial charge in [0.15, 0.2) is 0 Å². The number of nitrogens with zero attached hydrogens (tertiary/aromatic N) is 2. The van der Waals surface area contributed by atoms with Crippen molar-refractivity contribution >= 4 is 23.2 Å². The highest BCUT2D eigenvalue weighted by atomic mass is 32.1. The second kappa shape index (κ2) is 6.76. The van der Waals surface area contributed by atoms with Crippen molar-refractivity contribution in [2.24, 2.45) is 0 Å². The normalized spacial score (nSPS) is 10.1. The van der Waals surface area contributed by atoms with Crippen molar-refractivity contribution in [2.75, 3.05) is 6.54 Å². The fourth-order valence-corrected chi connectivity index (χ4v) is 2.23. The highest BCUT2D eigenvalue weighted by Crippen LogP contribution is 2.21. The lowest BCUT2D eigenvalue weighted by Gasteiger charge is -2.08. The molecule has 2 amide bonds. The molecule has 0 bridgehead atoms. The Morgan fingerprint density at radius 1 is 1.25 bits per heavy atom. The van der Waals surface area contributed by atoms with E-state index in [0.29, 0.717) is 5.69 Å². The second-order valence-electron chi connectivity index (χ2n) is 4.05. The Balaban J connectivity index is 2.00. The molecule has 0 atom stereocenters. The smallest absolute Gasteiger partial charge is 0.239 e. The van der Waals surface area contributed by atoms with Crippen molar-refractivity contribution in [3.8, 4) is 11.3 Å². The second-order valence-corrected chi connectivity index (χ2v) is 4.83. The number of aromatic nitrogens is 2. The Hall–Kier alpha value is -2.28. The van der Waals surface area contributed by atoms with E-state index in [1.165, 1.54) is 6.92 Å². The van der Waals surface area contributed by atoms with Crippen LogP contribution in [-0.2, 0) is 16.1 Å². The first-order chi connectivity index (χ1) is 9.66. The van der Waals surface area contributed by atoms with Crippen molar-refractivity contribution in [2.45, 2.75) is 13.5 Å². The van der Waals surface area contributed by atoms with Crippen LogP contribution in [0.15, 0.2) is 29.2 Å². The minimum atomic E-state index is -0.262. The van der Waals surface area contributed by atoms with Gasteiger partial charge < -0.3 is 10.6 Å². The molecule has 6 nitrogen and oxygen atoms in total. The zero-order valence-electron chi connectivity index (χ0n) is 10.9. The van der Waals surface area contributed by atoms with E-state index in [1.54, 1.807) is 23.7 Å². The lowest BCUT2D eigenvalue weighted by Crippen LogP contribution is -2.35. The number of amides is 2. The predicted molar refractivity (Wildman–Crippen MR) is 75.9 cm³/mol. The summed E-state index contributed by atoms with van der Waals surface area (Å²) in [5.41, 5.74) is 2.44. The van der Waals surface area contributed by atoms with Crippen LogP contribution in [0.2, 0.25) is 0 Å². The summed E-state index contributed by atoms with van der Waals surface area (Å²) in [5, 5.41) is 9.08. The first-order valence-corrected chi connectivity index (χ1v) is 6.94. The average Bonchev–Trinajstić information content (AvgIpc) is 2.97. The Bertz CT molecular complexity index is 598. The van der Waals surface area contributed by atoms with E-state index in [-0.39, 0.29) is 24.9 Å². The van der Waals surface area contributed by atoms with Crippen molar-refractivity contribution in [3.63, 3.8) is 0 Å². The summed E-state index contributed by atoms with van der Waals surface area (Å²) in [6.07, 6.45) is 3.21. The largest absolute Gasteiger partial charge is 0.349 e. The molecule has 2 aromatic heterocycles. The van der Waals surface area contributed by atoms with E-state index in [1.807, 2.05) is 16.8 Å². The van der Waals surface area contributed by atoms with Crippen molar-refractivity contribution < 1.29 is 9.59 Å². The molecular formula is C13H14N4O2S. The van der Waals surface area contributed by atoms with Crippen LogP contribution in [0.25, 0.3) is 11.3 Å². The Morgan fingerprint density at radius 2 is 2.05 bits per heavy atom. The van der Waals surface area contributed by atoms with E-state index in [0.717, 1.165) is 11.3 Å². The van der Waals surface area contributed by atoms with Crippen LogP contribution in [-0.4, -0.2) is 28.3 Å². The molecule has 2 N–H and O–H groups in total. The lowest BCUT2D eigenvalue weighted by atomic mass is 10.2. The number of hydrogen-bond acceptors (Lipinski definition) is 5. The summed E-state index contributed by atoms with van der Waals surface area (Å²) in [4.78, 5) is 30.8. The topological polar surface area (TPSA) is 84.0 Å². The summed E-state index contributed by atoms with van der Waals surface area (Å²) in [5.74, 6) is -0.499. The third kappa shape index (κ3) is 3.86.